The highest BCUT2D eigenvalue weighted by Crippen LogP contribution is 2.30. The second-order valence-electron chi connectivity index (χ2n) is 4.99. The van der Waals surface area contributed by atoms with E-state index in [0.717, 1.165) is 19.3 Å². The third-order valence-corrected chi connectivity index (χ3v) is 5.01. The standard InChI is InChI=1S/C15H13ClN2O3S/c16-10-6-9(4-5-11(10)19)14(20)17-18-15(21)13-7-8-2-1-3-12(8)22-13/h4-7,19H,1-3H2,(H,17,20)(H,18,21). The summed E-state index contributed by atoms with van der Waals surface area (Å²) in [4.78, 5) is 25.8. The van der Waals surface area contributed by atoms with Gasteiger partial charge in [-0.15, -0.1) is 11.3 Å². The van der Waals surface area contributed by atoms with Gasteiger partial charge in [0.25, 0.3) is 11.8 Å². The van der Waals surface area contributed by atoms with Gasteiger partial charge in [0.2, 0.25) is 0 Å². The van der Waals surface area contributed by atoms with E-state index in [4.69, 9.17) is 11.6 Å². The Morgan fingerprint density at radius 2 is 1.91 bits per heavy atom. The molecule has 3 rings (SSSR count). The number of carbonyl (C=O) groups is 2. The van der Waals surface area contributed by atoms with Crippen molar-refractivity contribution in [2.75, 3.05) is 0 Å². The number of hydrogen-bond donors (Lipinski definition) is 3. The molecule has 1 heterocycles. The van der Waals surface area contributed by atoms with Gasteiger partial charge >= 0.3 is 0 Å². The van der Waals surface area contributed by atoms with Crippen LogP contribution in [0.2, 0.25) is 5.02 Å². The molecule has 1 aromatic carbocycles. The average molecular weight is 337 g/mol. The summed E-state index contributed by atoms with van der Waals surface area (Å²) in [5, 5.41) is 9.39. The lowest BCUT2D eigenvalue weighted by Crippen LogP contribution is -2.41. The van der Waals surface area contributed by atoms with E-state index in [1.807, 2.05) is 6.07 Å². The number of thiophene rings is 1. The van der Waals surface area contributed by atoms with Crippen molar-refractivity contribution < 1.29 is 14.7 Å². The number of rotatable bonds is 2. The molecule has 0 unspecified atom stereocenters. The number of phenolic OH excluding ortho intramolecular Hbond substituents is 1. The molecule has 0 saturated carbocycles. The Labute approximate surface area is 135 Å². The highest BCUT2D eigenvalue weighted by atomic mass is 35.5. The lowest BCUT2D eigenvalue weighted by molar-refractivity contribution is 0.0849. The fourth-order valence-corrected chi connectivity index (χ4v) is 3.67. The molecule has 1 aromatic heterocycles. The van der Waals surface area contributed by atoms with Gasteiger partial charge in [0.05, 0.1) is 9.90 Å². The van der Waals surface area contributed by atoms with Crippen molar-refractivity contribution in [3.8, 4) is 5.75 Å². The number of nitrogens with one attached hydrogen (secondary N) is 2. The number of halogens is 1. The molecule has 0 radical (unpaired) electrons. The first-order valence-corrected chi connectivity index (χ1v) is 7.95. The summed E-state index contributed by atoms with van der Waals surface area (Å²) < 4.78 is 0. The number of fused-ring (bicyclic) bond motifs is 1. The number of phenols is 1. The summed E-state index contributed by atoms with van der Waals surface area (Å²) in [5.41, 5.74) is 6.20. The summed E-state index contributed by atoms with van der Waals surface area (Å²) in [5.74, 6) is -0.938. The van der Waals surface area contributed by atoms with E-state index in [-0.39, 0.29) is 22.2 Å². The third kappa shape index (κ3) is 2.93. The average Bonchev–Trinajstić information content (AvgIpc) is 3.08. The van der Waals surface area contributed by atoms with Gasteiger partial charge in [0, 0.05) is 10.4 Å². The Kier molecular flexibility index (Phi) is 4.04. The first kappa shape index (κ1) is 14.9. The molecule has 2 aromatic rings. The molecule has 0 aliphatic heterocycles. The van der Waals surface area contributed by atoms with Crippen molar-refractivity contribution in [1.29, 1.82) is 0 Å². The van der Waals surface area contributed by atoms with Crippen LogP contribution in [-0.4, -0.2) is 16.9 Å². The molecule has 7 heteroatoms. The van der Waals surface area contributed by atoms with E-state index in [1.54, 1.807) is 0 Å². The molecular formula is C15H13ClN2O3S. The van der Waals surface area contributed by atoms with Gasteiger partial charge in [-0.25, -0.2) is 0 Å². The minimum absolute atomic E-state index is 0.0775. The maximum atomic E-state index is 12.0. The molecule has 3 N–H and O–H groups in total. The van der Waals surface area contributed by atoms with Crippen molar-refractivity contribution in [2.24, 2.45) is 0 Å². The van der Waals surface area contributed by atoms with Crippen LogP contribution in [0.4, 0.5) is 0 Å². The van der Waals surface area contributed by atoms with E-state index in [9.17, 15) is 14.7 Å². The van der Waals surface area contributed by atoms with E-state index in [1.165, 1.54) is 40.0 Å². The number of hydrazine groups is 1. The van der Waals surface area contributed by atoms with Crippen molar-refractivity contribution in [3.63, 3.8) is 0 Å². The zero-order chi connectivity index (χ0) is 15.7. The zero-order valence-corrected chi connectivity index (χ0v) is 13.1. The minimum Gasteiger partial charge on any atom is -0.506 e. The smallest absolute Gasteiger partial charge is 0.279 e. The summed E-state index contributed by atoms with van der Waals surface area (Å²) in [7, 11) is 0. The largest absolute Gasteiger partial charge is 0.506 e. The quantitative estimate of drug-likeness (QED) is 0.738. The normalized spacial score (nSPS) is 12.8. The second kappa shape index (κ2) is 5.98. The first-order chi connectivity index (χ1) is 10.5. The summed E-state index contributed by atoms with van der Waals surface area (Å²) in [6.45, 7) is 0. The Bertz CT molecular complexity index is 736. The number of carbonyl (C=O) groups excluding carboxylic acids is 2. The predicted octanol–water partition coefficient (Wildman–Crippen LogP) is 2.67. The van der Waals surface area contributed by atoms with Gasteiger partial charge in [-0.3, -0.25) is 20.4 Å². The van der Waals surface area contributed by atoms with E-state index in [0.29, 0.717) is 4.88 Å². The Balaban J connectivity index is 1.62. The monoisotopic (exact) mass is 336 g/mol. The van der Waals surface area contributed by atoms with Crippen LogP contribution in [0, 0.1) is 0 Å². The molecule has 1 aliphatic carbocycles. The van der Waals surface area contributed by atoms with Gasteiger partial charge in [0.15, 0.2) is 0 Å². The van der Waals surface area contributed by atoms with Crippen LogP contribution >= 0.6 is 22.9 Å². The van der Waals surface area contributed by atoms with Crippen molar-refractivity contribution >= 4 is 34.8 Å². The molecule has 5 nitrogen and oxygen atoms in total. The van der Waals surface area contributed by atoms with Gasteiger partial charge in [-0.2, -0.15) is 0 Å². The predicted molar refractivity (Wildman–Crippen MR) is 84.4 cm³/mol. The number of benzene rings is 1. The summed E-state index contributed by atoms with van der Waals surface area (Å²) in [6, 6.07) is 5.95. The second-order valence-corrected chi connectivity index (χ2v) is 6.53. The maximum Gasteiger partial charge on any atom is 0.279 e. The minimum atomic E-state index is -0.501. The SMILES string of the molecule is O=C(NNC(=O)c1cc2c(s1)CCC2)c1ccc(O)c(Cl)c1. The Morgan fingerprint density at radius 3 is 2.64 bits per heavy atom. The Hall–Kier alpha value is -2.05. The fourth-order valence-electron chi connectivity index (χ4n) is 2.34. The van der Waals surface area contributed by atoms with Gasteiger partial charge in [0.1, 0.15) is 5.75 Å². The lowest BCUT2D eigenvalue weighted by atomic mass is 10.2. The molecule has 0 bridgehead atoms. The van der Waals surface area contributed by atoms with E-state index < -0.39 is 5.91 Å². The van der Waals surface area contributed by atoms with Crippen LogP contribution in [0.5, 0.6) is 5.75 Å². The van der Waals surface area contributed by atoms with E-state index in [2.05, 4.69) is 10.9 Å². The van der Waals surface area contributed by atoms with Crippen LogP contribution in [-0.2, 0) is 12.8 Å². The van der Waals surface area contributed by atoms with Crippen LogP contribution in [0.25, 0.3) is 0 Å². The highest BCUT2D eigenvalue weighted by Gasteiger charge is 2.19. The van der Waals surface area contributed by atoms with Crippen LogP contribution in [0.3, 0.4) is 0 Å². The van der Waals surface area contributed by atoms with Crippen molar-refractivity contribution in [3.05, 3.63) is 50.2 Å². The maximum absolute atomic E-state index is 12.0. The summed E-state index contributed by atoms with van der Waals surface area (Å²) in [6.07, 6.45) is 3.17. The third-order valence-electron chi connectivity index (χ3n) is 3.47. The molecule has 1 aliphatic rings. The van der Waals surface area contributed by atoms with E-state index >= 15 is 0 Å². The molecule has 22 heavy (non-hydrogen) atoms. The number of aromatic hydroxyl groups is 1. The number of aryl methyl sites for hydroxylation is 2. The summed E-state index contributed by atoms with van der Waals surface area (Å²) >= 11 is 7.21. The first-order valence-electron chi connectivity index (χ1n) is 6.75. The van der Waals surface area contributed by atoms with Crippen molar-refractivity contribution in [2.45, 2.75) is 19.3 Å². The zero-order valence-electron chi connectivity index (χ0n) is 11.5. The van der Waals surface area contributed by atoms with Gasteiger partial charge < -0.3 is 5.11 Å². The molecule has 0 spiro atoms. The van der Waals surface area contributed by atoms with Gasteiger partial charge in [-0.1, -0.05) is 11.6 Å². The topological polar surface area (TPSA) is 78.4 Å². The highest BCUT2D eigenvalue weighted by molar-refractivity contribution is 7.14. The van der Waals surface area contributed by atoms with Crippen LogP contribution in [0.15, 0.2) is 24.3 Å². The molecule has 0 saturated heterocycles. The molecule has 2 amide bonds. The van der Waals surface area contributed by atoms with Crippen LogP contribution in [0.1, 0.15) is 36.9 Å². The molecule has 0 fully saturated rings. The molecular weight excluding hydrogens is 324 g/mol. The number of hydrogen-bond acceptors (Lipinski definition) is 4. The molecule has 0 atom stereocenters. The van der Waals surface area contributed by atoms with Crippen LogP contribution < -0.4 is 10.9 Å². The lowest BCUT2D eigenvalue weighted by Gasteiger charge is -2.07. The Morgan fingerprint density at radius 1 is 1.14 bits per heavy atom. The van der Waals surface area contributed by atoms with Crippen molar-refractivity contribution in [1.82, 2.24) is 10.9 Å². The van der Waals surface area contributed by atoms with Gasteiger partial charge in [-0.05, 0) is 49.1 Å². The fraction of sp³-hybridized carbons (Fsp3) is 0.200. The number of amides is 2. The molecule has 114 valence electrons.